The highest BCUT2D eigenvalue weighted by atomic mass is 14.3. The van der Waals surface area contributed by atoms with E-state index in [4.69, 9.17) is 0 Å². The van der Waals surface area contributed by atoms with E-state index in [1.165, 1.54) is 19.3 Å². The van der Waals surface area contributed by atoms with Gasteiger partial charge in [-0.05, 0) is 36.8 Å². The van der Waals surface area contributed by atoms with E-state index in [9.17, 15) is 0 Å². The van der Waals surface area contributed by atoms with Gasteiger partial charge in [0.05, 0.1) is 0 Å². The predicted octanol–water partition coefficient (Wildman–Crippen LogP) is 3.11. The van der Waals surface area contributed by atoms with Crippen LogP contribution in [0, 0.1) is 17.9 Å². The van der Waals surface area contributed by atoms with E-state index in [1.54, 1.807) is 11.1 Å². The third kappa shape index (κ3) is 1.15. The molecule has 0 saturated heterocycles. The molecule has 0 saturated carbocycles. The average molecular weight is 147 g/mol. The van der Waals surface area contributed by atoms with Gasteiger partial charge in [0.1, 0.15) is 0 Å². The molecule has 59 valence electrons. The Balaban J connectivity index is 2.23. The summed E-state index contributed by atoms with van der Waals surface area (Å²) in [5.41, 5.74) is 3.26. The van der Waals surface area contributed by atoms with Gasteiger partial charge in [0.25, 0.3) is 0 Å². The molecule has 2 atom stereocenters. The van der Waals surface area contributed by atoms with E-state index in [0.717, 1.165) is 5.92 Å². The summed E-state index contributed by atoms with van der Waals surface area (Å²) in [5.74, 6) is 1.52. The summed E-state index contributed by atoms with van der Waals surface area (Å²) in [4.78, 5) is 0. The lowest BCUT2D eigenvalue weighted by molar-refractivity contribution is 0.490. The third-order valence-corrected chi connectivity index (χ3v) is 2.92. The SMILES string of the molecule is CC1CCC2=C(C=[C]C2C)C1. The van der Waals surface area contributed by atoms with Crippen LogP contribution in [0.4, 0.5) is 0 Å². The molecule has 0 aromatic carbocycles. The van der Waals surface area contributed by atoms with Crippen LogP contribution in [0.2, 0.25) is 0 Å². The Kier molecular flexibility index (Phi) is 1.63. The van der Waals surface area contributed by atoms with E-state index >= 15 is 0 Å². The number of hydrogen-bond acceptors (Lipinski definition) is 0. The van der Waals surface area contributed by atoms with Crippen molar-refractivity contribution in [2.24, 2.45) is 11.8 Å². The molecule has 0 heterocycles. The van der Waals surface area contributed by atoms with Crippen molar-refractivity contribution in [2.45, 2.75) is 33.1 Å². The van der Waals surface area contributed by atoms with Gasteiger partial charge in [-0.1, -0.05) is 25.5 Å². The van der Waals surface area contributed by atoms with Crippen molar-refractivity contribution in [3.05, 3.63) is 23.3 Å². The molecule has 2 rings (SSSR count). The largest absolute Gasteiger partial charge is 0.0622 e. The van der Waals surface area contributed by atoms with Gasteiger partial charge in [0.15, 0.2) is 0 Å². The molecule has 0 aliphatic heterocycles. The van der Waals surface area contributed by atoms with Crippen LogP contribution >= 0.6 is 0 Å². The van der Waals surface area contributed by atoms with Crippen LogP contribution in [-0.2, 0) is 0 Å². The number of allylic oxidation sites excluding steroid dienone is 4. The summed E-state index contributed by atoms with van der Waals surface area (Å²) in [7, 11) is 0. The summed E-state index contributed by atoms with van der Waals surface area (Å²) in [6.45, 7) is 4.61. The molecule has 11 heavy (non-hydrogen) atoms. The standard InChI is InChI=1S/C11H15/c1-8-3-6-11-9(2)4-5-10(11)7-8/h5,8-9H,3,6-7H2,1-2H3. The minimum absolute atomic E-state index is 0.623. The Labute approximate surface area is 69.0 Å². The van der Waals surface area contributed by atoms with E-state index in [2.05, 4.69) is 26.0 Å². The zero-order valence-electron chi connectivity index (χ0n) is 7.35. The first-order chi connectivity index (χ1) is 5.27. The van der Waals surface area contributed by atoms with Gasteiger partial charge < -0.3 is 0 Å². The Morgan fingerprint density at radius 2 is 2.27 bits per heavy atom. The number of hydrogen-bond donors (Lipinski definition) is 0. The van der Waals surface area contributed by atoms with Gasteiger partial charge in [-0.15, -0.1) is 0 Å². The van der Waals surface area contributed by atoms with E-state index in [1.807, 2.05) is 0 Å². The second-order valence-corrected chi connectivity index (χ2v) is 3.93. The Bertz CT molecular complexity index is 220. The van der Waals surface area contributed by atoms with E-state index in [0.29, 0.717) is 5.92 Å². The lowest BCUT2D eigenvalue weighted by Gasteiger charge is -2.21. The van der Waals surface area contributed by atoms with Gasteiger partial charge in [-0.25, -0.2) is 0 Å². The fourth-order valence-corrected chi connectivity index (χ4v) is 2.14. The molecule has 2 aliphatic carbocycles. The molecular weight excluding hydrogens is 132 g/mol. The Morgan fingerprint density at radius 3 is 3.09 bits per heavy atom. The quantitative estimate of drug-likeness (QED) is 0.494. The number of rotatable bonds is 0. The Hall–Kier alpha value is -0.520. The second-order valence-electron chi connectivity index (χ2n) is 3.93. The lowest BCUT2D eigenvalue weighted by atomic mass is 9.84. The third-order valence-electron chi connectivity index (χ3n) is 2.92. The minimum atomic E-state index is 0.623. The van der Waals surface area contributed by atoms with Gasteiger partial charge in [0.2, 0.25) is 0 Å². The fourth-order valence-electron chi connectivity index (χ4n) is 2.14. The Morgan fingerprint density at radius 1 is 1.45 bits per heavy atom. The molecule has 0 bridgehead atoms. The van der Waals surface area contributed by atoms with Crippen LogP contribution in [0.3, 0.4) is 0 Å². The van der Waals surface area contributed by atoms with Crippen molar-refractivity contribution in [3.8, 4) is 0 Å². The van der Waals surface area contributed by atoms with Gasteiger partial charge >= 0.3 is 0 Å². The summed E-state index contributed by atoms with van der Waals surface area (Å²) < 4.78 is 0. The van der Waals surface area contributed by atoms with E-state index < -0.39 is 0 Å². The molecule has 0 fully saturated rings. The van der Waals surface area contributed by atoms with Crippen molar-refractivity contribution in [1.82, 2.24) is 0 Å². The highest BCUT2D eigenvalue weighted by molar-refractivity contribution is 5.35. The van der Waals surface area contributed by atoms with Crippen molar-refractivity contribution >= 4 is 0 Å². The predicted molar refractivity (Wildman–Crippen MR) is 47.0 cm³/mol. The van der Waals surface area contributed by atoms with Crippen molar-refractivity contribution in [2.75, 3.05) is 0 Å². The van der Waals surface area contributed by atoms with Crippen LogP contribution < -0.4 is 0 Å². The maximum Gasteiger partial charge on any atom is 0.00287 e. The normalized spacial score (nSPS) is 36.2. The van der Waals surface area contributed by atoms with Crippen LogP contribution in [0.15, 0.2) is 17.2 Å². The molecule has 0 spiro atoms. The average Bonchev–Trinajstić information content (AvgIpc) is 2.32. The van der Waals surface area contributed by atoms with Crippen molar-refractivity contribution < 1.29 is 0 Å². The first kappa shape index (κ1) is 7.15. The zero-order valence-corrected chi connectivity index (χ0v) is 7.35. The fraction of sp³-hybridized carbons (Fsp3) is 0.636. The molecule has 0 aromatic heterocycles. The topological polar surface area (TPSA) is 0 Å². The lowest BCUT2D eigenvalue weighted by Crippen LogP contribution is -2.07. The summed E-state index contributed by atoms with van der Waals surface area (Å²) in [6.07, 6.45) is 9.61. The second kappa shape index (κ2) is 2.51. The highest BCUT2D eigenvalue weighted by Crippen LogP contribution is 2.37. The van der Waals surface area contributed by atoms with Crippen molar-refractivity contribution in [3.63, 3.8) is 0 Å². The van der Waals surface area contributed by atoms with Crippen LogP contribution in [0.1, 0.15) is 33.1 Å². The van der Waals surface area contributed by atoms with E-state index in [-0.39, 0.29) is 0 Å². The molecule has 2 aliphatic rings. The molecule has 0 heteroatoms. The smallest absolute Gasteiger partial charge is 0.00287 e. The molecule has 0 amide bonds. The molecule has 0 nitrogen and oxygen atoms in total. The van der Waals surface area contributed by atoms with Crippen LogP contribution in [-0.4, -0.2) is 0 Å². The maximum absolute atomic E-state index is 3.38. The summed E-state index contributed by atoms with van der Waals surface area (Å²) in [5, 5.41) is 0. The minimum Gasteiger partial charge on any atom is -0.0622 e. The van der Waals surface area contributed by atoms with Crippen LogP contribution in [0.5, 0.6) is 0 Å². The highest BCUT2D eigenvalue weighted by Gasteiger charge is 2.22. The molecule has 0 N–H and O–H groups in total. The maximum atomic E-state index is 3.38. The first-order valence-electron chi connectivity index (χ1n) is 4.58. The first-order valence-corrected chi connectivity index (χ1v) is 4.58. The summed E-state index contributed by atoms with van der Waals surface area (Å²) in [6, 6.07) is 0. The molecule has 1 radical (unpaired) electrons. The zero-order chi connectivity index (χ0) is 7.84. The van der Waals surface area contributed by atoms with Crippen molar-refractivity contribution in [1.29, 1.82) is 0 Å². The monoisotopic (exact) mass is 147 g/mol. The molecule has 0 aromatic rings. The van der Waals surface area contributed by atoms with Gasteiger partial charge in [0, 0.05) is 5.92 Å². The molecular formula is C11H15. The van der Waals surface area contributed by atoms with Gasteiger partial charge in [-0.2, -0.15) is 0 Å². The molecule has 2 unspecified atom stereocenters. The summed E-state index contributed by atoms with van der Waals surface area (Å²) >= 11 is 0. The van der Waals surface area contributed by atoms with Gasteiger partial charge in [-0.3, -0.25) is 0 Å². The van der Waals surface area contributed by atoms with Crippen LogP contribution in [0.25, 0.3) is 0 Å².